The highest BCUT2D eigenvalue weighted by Crippen LogP contribution is 2.43. The molecule has 0 aliphatic heterocycles. The van der Waals surface area contributed by atoms with Gasteiger partial charge in [0.15, 0.2) is 0 Å². The largest absolute Gasteiger partial charge is 0.472 e. The van der Waals surface area contributed by atoms with Crippen LogP contribution >= 0.6 is 7.82 Å². The van der Waals surface area contributed by atoms with Gasteiger partial charge in [0.05, 0.1) is 39.9 Å². The molecule has 0 rings (SSSR count). The molecular weight excluding hydrogens is 936 g/mol. The van der Waals surface area contributed by atoms with Crippen LogP contribution in [0.2, 0.25) is 0 Å². The Morgan fingerprint density at radius 1 is 0.473 bits per heavy atom. The number of quaternary nitrogens is 1. The van der Waals surface area contributed by atoms with Crippen molar-refractivity contribution in [2.75, 3.05) is 40.9 Å². The molecule has 0 fully saturated rings. The number of likely N-dealkylation sites (N-methyl/N-ethyl adjacent to an activating group) is 1. The predicted octanol–water partition coefficient (Wildman–Crippen LogP) is 18.5. The second-order valence-corrected chi connectivity index (χ2v) is 22.4. The van der Waals surface area contributed by atoms with Crippen molar-refractivity contribution < 1.29 is 32.9 Å². The highest BCUT2D eigenvalue weighted by atomic mass is 31.2. The summed E-state index contributed by atoms with van der Waals surface area (Å²) in [6, 6.07) is -0.883. The molecule has 0 saturated carbocycles. The first-order valence-electron chi connectivity index (χ1n) is 29.9. The zero-order valence-electron chi connectivity index (χ0n) is 48.3. The lowest BCUT2D eigenvalue weighted by molar-refractivity contribution is -0.870. The summed E-state index contributed by atoms with van der Waals surface area (Å²) in [7, 11) is 1.53. The van der Waals surface area contributed by atoms with E-state index in [1.807, 2.05) is 27.2 Å². The molecule has 0 aliphatic carbocycles. The molecule has 0 aromatic carbocycles. The van der Waals surface area contributed by atoms with E-state index in [0.717, 1.165) is 96.3 Å². The summed E-state index contributed by atoms with van der Waals surface area (Å²) >= 11 is 0. The number of phosphoric ester groups is 1. The maximum Gasteiger partial charge on any atom is 0.472 e. The summed E-state index contributed by atoms with van der Waals surface area (Å²) in [5, 5.41) is 13.9. The van der Waals surface area contributed by atoms with Crippen molar-refractivity contribution in [3.8, 4) is 0 Å². The number of aliphatic hydroxyl groups excluding tert-OH is 1. The molecule has 74 heavy (non-hydrogen) atoms. The van der Waals surface area contributed by atoms with Gasteiger partial charge in [-0.15, -0.1) is 0 Å². The third kappa shape index (κ3) is 56.6. The molecule has 0 aromatic rings. The Bertz CT molecular complexity index is 1620. The van der Waals surface area contributed by atoms with Gasteiger partial charge >= 0.3 is 7.82 Å². The zero-order valence-corrected chi connectivity index (χ0v) is 49.2. The fourth-order valence-electron chi connectivity index (χ4n) is 7.99. The highest BCUT2D eigenvalue weighted by Gasteiger charge is 2.27. The van der Waals surface area contributed by atoms with Crippen LogP contribution in [0.4, 0.5) is 0 Å². The SMILES string of the molecule is CC/C=C\C/C=C\C/C=C\C/C=C\C/C=C\C/C=C\C/C=C\CCCCCCCCCCCC(=O)NC(COP(=O)(O)OCC[N+](C)(C)C)C(O)/C=C/CC/C=C/CC/C=C/CCCCCCCCCCCCC. The van der Waals surface area contributed by atoms with Crippen LogP contribution < -0.4 is 5.32 Å². The first kappa shape index (κ1) is 70.9. The summed E-state index contributed by atoms with van der Waals surface area (Å²) in [5.74, 6) is -0.202. The maximum atomic E-state index is 13.0. The number of nitrogens with zero attached hydrogens (tertiary/aromatic N) is 1. The van der Waals surface area contributed by atoms with Gasteiger partial charge in [0.2, 0.25) is 5.91 Å². The van der Waals surface area contributed by atoms with Crippen LogP contribution in [0.15, 0.2) is 122 Å². The number of aliphatic hydroxyl groups is 1. The smallest absolute Gasteiger partial charge is 0.387 e. The molecule has 0 heterocycles. The minimum absolute atomic E-state index is 0.0461. The van der Waals surface area contributed by atoms with Crippen LogP contribution in [0.5, 0.6) is 0 Å². The lowest BCUT2D eigenvalue weighted by atomic mass is 10.1. The molecule has 3 unspecified atom stereocenters. The van der Waals surface area contributed by atoms with E-state index < -0.39 is 20.0 Å². The molecule has 0 radical (unpaired) electrons. The van der Waals surface area contributed by atoms with Crippen molar-refractivity contribution >= 4 is 13.7 Å². The number of amides is 1. The van der Waals surface area contributed by atoms with Crippen molar-refractivity contribution in [2.45, 2.75) is 244 Å². The lowest BCUT2D eigenvalue weighted by Crippen LogP contribution is -2.45. The Morgan fingerprint density at radius 2 is 0.824 bits per heavy atom. The van der Waals surface area contributed by atoms with Gasteiger partial charge < -0.3 is 19.8 Å². The van der Waals surface area contributed by atoms with Crippen LogP contribution in [-0.4, -0.2) is 73.4 Å². The number of hydrogen-bond acceptors (Lipinski definition) is 5. The van der Waals surface area contributed by atoms with Gasteiger partial charge in [-0.2, -0.15) is 0 Å². The fraction of sp³-hybridized carbons (Fsp3) is 0.677. The molecule has 8 nitrogen and oxygen atoms in total. The summed E-state index contributed by atoms with van der Waals surface area (Å²) in [5.41, 5.74) is 0. The van der Waals surface area contributed by atoms with Gasteiger partial charge in [0.25, 0.3) is 0 Å². The normalized spacial score (nSPS) is 14.7. The third-order valence-electron chi connectivity index (χ3n) is 12.6. The number of hydrogen-bond donors (Lipinski definition) is 3. The summed E-state index contributed by atoms with van der Waals surface area (Å²) in [6.45, 7) is 4.66. The summed E-state index contributed by atoms with van der Waals surface area (Å²) in [6.07, 6.45) is 81.6. The molecule has 0 aromatic heterocycles. The van der Waals surface area contributed by atoms with Crippen molar-refractivity contribution in [1.82, 2.24) is 5.32 Å². The van der Waals surface area contributed by atoms with Crippen LogP contribution in [0.1, 0.15) is 232 Å². The Balaban J connectivity index is 4.29. The Morgan fingerprint density at radius 3 is 1.24 bits per heavy atom. The minimum atomic E-state index is -4.37. The monoisotopic (exact) mass is 1050 g/mol. The second-order valence-electron chi connectivity index (χ2n) is 21.0. The van der Waals surface area contributed by atoms with E-state index in [4.69, 9.17) is 9.05 Å². The first-order valence-corrected chi connectivity index (χ1v) is 31.4. The van der Waals surface area contributed by atoms with Gasteiger partial charge in [0, 0.05) is 6.42 Å². The Labute approximate surface area is 456 Å². The van der Waals surface area contributed by atoms with Crippen molar-refractivity contribution in [3.05, 3.63) is 122 Å². The molecule has 424 valence electrons. The quantitative estimate of drug-likeness (QED) is 0.0243. The van der Waals surface area contributed by atoms with Gasteiger partial charge in [-0.05, 0) is 103 Å². The topological polar surface area (TPSA) is 105 Å². The van der Waals surface area contributed by atoms with Gasteiger partial charge in [-0.25, -0.2) is 4.57 Å². The van der Waals surface area contributed by atoms with Crippen LogP contribution in [0, 0.1) is 0 Å². The number of rotatable bonds is 53. The first-order chi connectivity index (χ1) is 36.0. The molecule has 0 bridgehead atoms. The van der Waals surface area contributed by atoms with E-state index in [1.165, 1.54) is 116 Å². The van der Waals surface area contributed by atoms with Gasteiger partial charge in [0.1, 0.15) is 13.2 Å². The predicted molar refractivity (Wildman–Crippen MR) is 322 cm³/mol. The average Bonchev–Trinajstić information content (AvgIpc) is 3.36. The molecule has 0 saturated heterocycles. The van der Waals surface area contributed by atoms with Crippen molar-refractivity contribution in [2.24, 2.45) is 0 Å². The molecule has 0 spiro atoms. The number of unbranched alkanes of at least 4 members (excludes halogenated alkanes) is 22. The minimum Gasteiger partial charge on any atom is -0.387 e. The van der Waals surface area contributed by atoms with E-state index in [-0.39, 0.29) is 19.1 Å². The number of carbonyl (C=O) groups is 1. The lowest BCUT2D eigenvalue weighted by Gasteiger charge is -2.25. The van der Waals surface area contributed by atoms with Crippen LogP contribution in [0.3, 0.4) is 0 Å². The molecule has 9 heteroatoms. The third-order valence-corrected chi connectivity index (χ3v) is 13.6. The molecule has 3 atom stereocenters. The van der Waals surface area contributed by atoms with E-state index in [9.17, 15) is 19.4 Å². The average molecular weight is 1050 g/mol. The van der Waals surface area contributed by atoms with E-state index >= 15 is 0 Å². The number of nitrogens with one attached hydrogen (secondary N) is 1. The van der Waals surface area contributed by atoms with Gasteiger partial charge in [-0.1, -0.05) is 245 Å². The van der Waals surface area contributed by atoms with E-state index in [2.05, 4.69) is 129 Å². The standard InChI is InChI=1S/C65H113N2O6P/c1-6-8-10-12-14-16-18-20-22-24-26-28-29-30-31-32-33-34-35-36-37-39-41-43-45-47-49-51-53-55-57-59-65(69)66-63(62-73-74(70,71)72-61-60-67(3,4)5)64(68)58-56-54-52-50-48-46-44-42-40-38-27-25-23-21-19-17-15-13-11-9-7-2/h8,10,14,16,20,22,26,28,30-31,33-34,36-37,40,42,48,50,56,58,63-64,68H,6-7,9,11-13,15,17-19,21,23-25,27,29,32,35,38-39,41,43-47,49,51-55,57,59-62H2,1-5H3,(H-,66,69,70,71)/p+1/b10-8-,16-14-,22-20-,28-26-,31-30-,34-33-,37-36-,42-40+,50-48+,58-56+. The maximum absolute atomic E-state index is 13.0. The molecule has 0 aliphatic rings. The molecule has 1 amide bonds. The number of allylic oxidation sites excluding steroid dienone is 19. The zero-order chi connectivity index (χ0) is 54.2. The van der Waals surface area contributed by atoms with E-state index in [0.29, 0.717) is 17.4 Å². The Hall–Kier alpha value is -3.10. The van der Waals surface area contributed by atoms with Crippen LogP contribution in [-0.2, 0) is 18.4 Å². The molecule has 3 N–H and O–H groups in total. The van der Waals surface area contributed by atoms with Crippen molar-refractivity contribution in [1.29, 1.82) is 0 Å². The summed E-state index contributed by atoms with van der Waals surface area (Å²) < 4.78 is 23.7. The second kappa shape index (κ2) is 54.7. The highest BCUT2D eigenvalue weighted by molar-refractivity contribution is 7.47. The molecular formula is C65H114N2O6P+. The fourth-order valence-corrected chi connectivity index (χ4v) is 8.73. The van der Waals surface area contributed by atoms with Gasteiger partial charge in [-0.3, -0.25) is 13.8 Å². The number of carbonyl (C=O) groups excluding carboxylic acids is 1. The Kier molecular flexibility index (Phi) is 52.4. The van der Waals surface area contributed by atoms with E-state index in [1.54, 1.807) is 6.08 Å². The van der Waals surface area contributed by atoms with Crippen molar-refractivity contribution in [3.63, 3.8) is 0 Å². The summed E-state index contributed by atoms with van der Waals surface area (Å²) in [4.78, 5) is 23.3. The van der Waals surface area contributed by atoms with Crippen LogP contribution in [0.25, 0.3) is 0 Å². The number of phosphoric acid groups is 1.